The Morgan fingerprint density at radius 3 is 2.88 bits per heavy atom. The van der Waals surface area contributed by atoms with Gasteiger partial charge in [0.25, 0.3) is 0 Å². The molecule has 0 amide bonds. The quantitative estimate of drug-likeness (QED) is 0.492. The van der Waals surface area contributed by atoms with Crippen LogP contribution in [0.2, 0.25) is 0 Å². The van der Waals surface area contributed by atoms with Gasteiger partial charge in [0.1, 0.15) is 0 Å². The minimum absolute atomic E-state index is 0.0498. The first-order valence-corrected chi connectivity index (χ1v) is 2.64. The smallest absolute Gasteiger partial charge is 0.160 e. The fourth-order valence-electron chi connectivity index (χ4n) is 0.488. The zero-order valence-electron chi connectivity index (χ0n) is 4.15. The van der Waals surface area contributed by atoms with Gasteiger partial charge in [0.05, 0.1) is 6.42 Å². The third-order valence-electron chi connectivity index (χ3n) is 0.839. The first kappa shape index (κ1) is 5.63. The molecule has 1 aliphatic rings. The summed E-state index contributed by atoms with van der Waals surface area (Å²) < 4.78 is 0. The number of allylic oxidation sites excluding steroid dienone is 1. The topological polar surface area (TPSA) is 29.1 Å². The van der Waals surface area contributed by atoms with Crippen molar-refractivity contribution < 1.29 is 4.79 Å². The van der Waals surface area contributed by atoms with Crippen LogP contribution in [0, 0.1) is 5.50 Å². The third kappa shape index (κ3) is 1.23. The van der Waals surface area contributed by atoms with Gasteiger partial charge in [0.15, 0.2) is 11.3 Å². The molecule has 1 rings (SSSR count). The van der Waals surface area contributed by atoms with Crippen molar-refractivity contribution in [2.24, 2.45) is 0 Å². The lowest BCUT2D eigenvalue weighted by atomic mass is 10.2. The summed E-state index contributed by atoms with van der Waals surface area (Å²) in [6.07, 6.45) is 3.32. The van der Waals surface area contributed by atoms with Crippen LogP contribution in [0.5, 0.6) is 0 Å². The summed E-state index contributed by atoms with van der Waals surface area (Å²) in [6, 6.07) is 0. The van der Waals surface area contributed by atoms with Crippen molar-refractivity contribution in [3.8, 4) is 0 Å². The average molecular weight is 131 g/mol. The molecule has 0 spiro atoms. The van der Waals surface area contributed by atoms with Crippen LogP contribution in [0.1, 0.15) is 6.42 Å². The standard InChI is InChI=1S/C5H5ClNO/c6-5-3-4(8)1-2-7-5/h1-2,7H,3H2. The van der Waals surface area contributed by atoms with Crippen LogP contribution in [0.3, 0.4) is 0 Å². The van der Waals surface area contributed by atoms with E-state index in [1.54, 1.807) is 0 Å². The summed E-state index contributed by atoms with van der Waals surface area (Å²) in [6.45, 7) is 0. The van der Waals surface area contributed by atoms with E-state index in [0.717, 1.165) is 0 Å². The Hall–Kier alpha value is -0.500. The number of ketones is 1. The van der Waals surface area contributed by atoms with Crippen molar-refractivity contribution in [3.05, 3.63) is 17.8 Å². The minimum atomic E-state index is 0.0498. The highest BCUT2D eigenvalue weighted by atomic mass is 35.5. The first-order chi connectivity index (χ1) is 3.79. The summed E-state index contributed by atoms with van der Waals surface area (Å²) in [5.74, 6) is 0.0498. The average Bonchev–Trinajstić information content (AvgIpc) is 1.64. The molecule has 0 aliphatic carbocycles. The fourth-order valence-corrected chi connectivity index (χ4v) is 0.683. The van der Waals surface area contributed by atoms with Crippen LogP contribution in [-0.4, -0.2) is 5.78 Å². The molecule has 0 bridgehead atoms. The van der Waals surface area contributed by atoms with Crippen molar-refractivity contribution in [2.45, 2.75) is 6.42 Å². The Labute approximate surface area is 52.5 Å². The number of hydrogen-bond donors (Lipinski definition) is 1. The minimum Gasteiger partial charge on any atom is -0.369 e. The largest absolute Gasteiger partial charge is 0.369 e. The van der Waals surface area contributed by atoms with Gasteiger partial charge in [-0.05, 0) is 6.08 Å². The Kier molecular flexibility index (Phi) is 1.53. The lowest BCUT2D eigenvalue weighted by Crippen LogP contribution is -2.17. The van der Waals surface area contributed by atoms with E-state index in [1.165, 1.54) is 12.3 Å². The van der Waals surface area contributed by atoms with Crippen molar-refractivity contribution in [3.63, 3.8) is 0 Å². The van der Waals surface area contributed by atoms with Crippen LogP contribution in [0.4, 0.5) is 0 Å². The molecule has 1 heterocycles. The molecule has 0 saturated heterocycles. The van der Waals surface area contributed by atoms with Crippen LogP contribution >= 0.6 is 11.6 Å². The van der Waals surface area contributed by atoms with E-state index < -0.39 is 0 Å². The molecule has 3 heteroatoms. The summed E-state index contributed by atoms with van der Waals surface area (Å²) in [4.78, 5) is 10.4. The lowest BCUT2D eigenvalue weighted by molar-refractivity contribution is -0.114. The van der Waals surface area contributed by atoms with E-state index in [0.29, 0.717) is 11.9 Å². The molecule has 0 saturated carbocycles. The number of nitrogens with one attached hydrogen (secondary N) is 1. The molecule has 1 aliphatic heterocycles. The maximum atomic E-state index is 10.4. The highest BCUT2D eigenvalue weighted by Gasteiger charge is 2.11. The summed E-state index contributed by atoms with van der Waals surface area (Å²) in [5.41, 5.74) is 0.498. The highest BCUT2D eigenvalue weighted by molar-refractivity contribution is 6.28. The van der Waals surface area contributed by atoms with Crippen molar-refractivity contribution in [2.75, 3.05) is 0 Å². The number of halogens is 1. The van der Waals surface area contributed by atoms with Crippen molar-refractivity contribution in [1.29, 1.82) is 0 Å². The molecule has 0 unspecified atom stereocenters. The van der Waals surface area contributed by atoms with Crippen LogP contribution in [0.25, 0.3) is 0 Å². The zero-order valence-corrected chi connectivity index (χ0v) is 4.90. The molecule has 0 aromatic rings. The van der Waals surface area contributed by atoms with Gasteiger partial charge in [0, 0.05) is 6.20 Å². The second kappa shape index (κ2) is 2.18. The molecule has 1 N–H and O–H groups in total. The molecular weight excluding hydrogens is 126 g/mol. The first-order valence-electron chi connectivity index (χ1n) is 2.26. The number of carbonyl (C=O) groups excluding carboxylic acids is 1. The second-order valence-electron chi connectivity index (χ2n) is 1.53. The molecule has 0 aromatic carbocycles. The number of carbonyl (C=O) groups is 1. The normalized spacial score (nSPS) is 20.9. The van der Waals surface area contributed by atoms with Gasteiger partial charge >= 0.3 is 0 Å². The van der Waals surface area contributed by atoms with Gasteiger partial charge in [0.2, 0.25) is 0 Å². The molecule has 0 atom stereocenters. The monoisotopic (exact) mass is 130 g/mol. The third-order valence-corrected chi connectivity index (χ3v) is 1.08. The maximum absolute atomic E-state index is 10.4. The van der Waals surface area contributed by atoms with Crippen molar-refractivity contribution >= 4 is 17.4 Å². The van der Waals surface area contributed by atoms with E-state index in [2.05, 4.69) is 5.32 Å². The van der Waals surface area contributed by atoms with Gasteiger partial charge < -0.3 is 5.32 Å². The fraction of sp³-hybridized carbons (Fsp3) is 0.200. The maximum Gasteiger partial charge on any atom is 0.160 e. The number of hydrogen-bond acceptors (Lipinski definition) is 2. The second-order valence-corrected chi connectivity index (χ2v) is 1.98. The summed E-state index contributed by atoms with van der Waals surface area (Å²) >= 11 is 5.44. The van der Waals surface area contributed by atoms with Crippen LogP contribution < -0.4 is 5.32 Å². The Bertz CT molecular complexity index is 132. The summed E-state index contributed by atoms with van der Waals surface area (Å²) in [7, 11) is 0. The van der Waals surface area contributed by atoms with Crippen molar-refractivity contribution in [1.82, 2.24) is 5.32 Å². The zero-order chi connectivity index (χ0) is 5.98. The molecule has 1 radical (unpaired) electrons. The van der Waals surface area contributed by atoms with E-state index >= 15 is 0 Å². The predicted octanol–water partition coefficient (Wildman–Crippen LogP) is 0.791. The van der Waals surface area contributed by atoms with Gasteiger partial charge in [-0.25, -0.2) is 0 Å². The summed E-state index contributed by atoms with van der Waals surface area (Å²) in [5, 5.41) is 2.69. The lowest BCUT2D eigenvalue weighted by Gasteiger charge is -2.08. The van der Waals surface area contributed by atoms with E-state index in [9.17, 15) is 4.79 Å². The number of rotatable bonds is 0. The molecule has 8 heavy (non-hydrogen) atoms. The molecule has 2 nitrogen and oxygen atoms in total. The molecular formula is C5H5ClNO. The van der Waals surface area contributed by atoms with E-state index in [4.69, 9.17) is 11.6 Å². The highest BCUT2D eigenvalue weighted by Crippen LogP contribution is 2.11. The van der Waals surface area contributed by atoms with Gasteiger partial charge in [-0.1, -0.05) is 11.6 Å². The van der Waals surface area contributed by atoms with Gasteiger partial charge in [-0.15, -0.1) is 0 Å². The Morgan fingerprint density at radius 1 is 1.75 bits per heavy atom. The molecule has 0 aromatic heterocycles. The van der Waals surface area contributed by atoms with Crippen LogP contribution in [-0.2, 0) is 4.79 Å². The Balaban J connectivity index is 2.54. The predicted molar refractivity (Wildman–Crippen MR) is 31.0 cm³/mol. The molecule has 0 fully saturated rings. The molecule has 43 valence electrons. The Morgan fingerprint density at radius 2 is 2.50 bits per heavy atom. The van der Waals surface area contributed by atoms with E-state index in [1.807, 2.05) is 0 Å². The SMILES string of the molecule is O=C1C=CN[C](Cl)C1. The van der Waals surface area contributed by atoms with E-state index in [-0.39, 0.29) is 5.78 Å². The van der Waals surface area contributed by atoms with Gasteiger partial charge in [-0.2, -0.15) is 0 Å². The van der Waals surface area contributed by atoms with Crippen LogP contribution in [0.15, 0.2) is 12.3 Å². The van der Waals surface area contributed by atoms with Gasteiger partial charge in [-0.3, -0.25) is 4.79 Å².